The standard InChI is InChI=1S/C10H13F2NO/c1-7(6-14)5-13-8-2-3-9(11)10(12)4-8/h2-4,7,13-14H,5-6H2,1H3. The van der Waals surface area contributed by atoms with Crippen molar-refractivity contribution in [3.8, 4) is 0 Å². The molecule has 1 aromatic carbocycles. The molecule has 0 aliphatic rings. The van der Waals surface area contributed by atoms with Gasteiger partial charge in [-0.2, -0.15) is 0 Å². The first-order chi connectivity index (χ1) is 6.63. The third kappa shape index (κ3) is 2.96. The molecule has 0 amide bonds. The van der Waals surface area contributed by atoms with Gasteiger partial charge in [-0.25, -0.2) is 8.78 Å². The number of rotatable bonds is 4. The van der Waals surface area contributed by atoms with Crippen LogP contribution in [0.25, 0.3) is 0 Å². The average Bonchev–Trinajstić information content (AvgIpc) is 2.19. The zero-order chi connectivity index (χ0) is 10.6. The highest BCUT2D eigenvalue weighted by atomic mass is 19.2. The fourth-order valence-corrected chi connectivity index (χ4v) is 0.963. The van der Waals surface area contributed by atoms with Crippen molar-refractivity contribution < 1.29 is 13.9 Å². The van der Waals surface area contributed by atoms with Gasteiger partial charge in [0.05, 0.1) is 0 Å². The molecule has 0 saturated carbocycles. The molecule has 0 heterocycles. The second kappa shape index (κ2) is 4.91. The minimum Gasteiger partial charge on any atom is -0.396 e. The maximum absolute atomic E-state index is 12.7. The fourth-order valence-electron chi connectivity index (χ4n) is 0.963. The Kier molecular flexibility index (Phi) is 3.83. The molecule has 78 valence electrons. The van der Waals surface area contributed by atoms with Gasteiger partial charge in [-0.1, -0.05) is 6.92 Å². The van der Waals surface area contributed by atoms with Crippen LogP contribution in [0.5, 0.6) is 0 Å². The molecular formula is C10H13F2NO. The van der Waals surface area contributed by atoms with E-state index in [9.17, 15) is 8.78 Å². The summed E-state index contributed by atoms with van der Waals surface area (Å²) in [5.41, 5.74) is 0.518. The van der Waals surface area contributed by atoms with Gasteiger partial charge in [0, 0.05) is 18.8 Å². The Bertz CT molecular complexity index is 304. The second-order valence-corrected chi connectivity index (χ2v) is 3.30. The summed E-state index contributed by atoms with van der Waals surface area (Å²) in [6, 6.07) is 3.63. The maximum Gasteiger partial charge on any atom is 0.160 e. The van der Waals surface area contributed by atoms with Crippen LogP contribution in [0.4, 0.5) is 14.5 Å². The molecule has 2 nitrogen and oxygen atoms in total. The van der Waals surface area contributed by atoms with Crippen molar-refractivity contribution in [3.63, 3.8) is 0 Å². The van der Waals surface area contributed by atoms with Gasteiger partial charge < -0.3 is 10.4 Å². The van der Waals surface area contributed by atoms with Crippen LogP contribution in [-0.4, -0.2) is 18.3 Å². The Balaban J connectivity index is 2.55. The minimum atomic E-state index is -0.869. The van der Waals surface area contributed by atoms with E-state index in [0.717, 1.165) is 12.1 Å². The van der Waals surface area contributed by atoms with Crippen molar-refractivity contribution >= 4 is 5.69 Å². The summed E-state index contributed by atoms with van der Waals surface area (Å²) < 4.78 is 25.2. The Morgan fingerprint density at radius 2 is 2.07 bits per heavy atom. The lowest BCUT2D eigenvalue weighted by molar-refractivity contribution is 0.244. The van der Waals surface area contributed by atoms with E-state index in [4.69, 9.17) is 5.11 Å². The first-order valence-electron chi connectivity index (χ1n) is 4.43. The predicted octanol–water partition coefficient (Wildman–Crippen LogP) is 2.01. The van der Waals surface area contributed by atoms with Gasteiger partial charge in [0.2, 0.25) is 0 Å². The summed E-state index contributed by atoms with van der Waals surface area (Å²) >= 11 is 0. The Morgan fingerprint density at radius 3 is 2.64 bits per heavy atom. The van der Waals surface area contributed by atoms with Crippen molar-refractivity contribution in [2.24, 2.45) is 5.92 Å². The molecule has 0 aromatic heterocycles. The number of halogens is 2. The van der Waals surface area contributed by atoms with Crippen LogP contribution in [0.1, 0.15) is 6.92 Å². The van der Waals surface area contributed by atoms with E-state index < -0.39 is 11.6 Å². The van der Waals surface area contributed by atoms with E-state index in [-0.39, 0.29) is 12.5 Å². The molecule has 0 bridgehead atoms. The van der Waals surface area contributed by atoms with Crippen molar-refractivity contribution in [3.05, 3.63) is 29.8 Å². The van der Waals surface area contributed by atoms with E-state index in [2.05, 4.69) is 5.32 Å². The summed E-state index contributed by atoms with van der Waals surface area (Å²) in [5.74, 6) is -1.64. The van der Waals surface area contributed by atoms with Gasteiger partial charge in [0.1, 0.15) is 0 Å². The first kappa shape index (κ1) is 10.9. The normalized spacial score (nSPS) is 12.6. The van der Waals surface area contributed by atoms with Crippen LogP contribution in [0.15, 0.2) is 18.2 Å². The van der Waals surface area contributed by atoms with Gasteiger partial charge >= 0.3 is 0 Å². The molecule has 14 heavy (non-hydrogen) atoms. The molecule has 0 spiro atoms. The molecular weight excluding hydrogens is 188 g/mol. The molecule has 0 aliphatic heterocycles. The van der Waals surface area contributed by atoms with Crippen LogP contribution in [0.2, 0.25) is 0 Å². The van der Waals surface area contributed by atoms with Crippen LogP contribution >= 0.6 is 0 Å². The Hall–Kier alpha value is -1.16. The molecule has 1 unspecified atom stereocenters. The number of aliphatic hydroxyl groups is 1. The summed E-state index contributed by atoms with van der Waals surface area (Å²) in [6.45, 7) is 2.45. The van der Waals surface area contributed by atoms with Crippen molar-refractivity contribution in [2.75, 3.05) is 18.5 Å². The lowest BCUT2D eigenvalue weighted by atomic mass is 10.2. The lowest BCUT2D eigenvalue weighted by Crippen LogP contribution is -2.14. The largest absolute Gasteiger partial charge is 0.396 e. The maximum atomic E-state index is 12.7. The second-order valence-electron chi connectivity index (χ2n) is 3.30. The molecule has 0 radical (unpaired) electrons. The zero-order valence-electron chi connectivity index (χ0n) is 7.93. The predicted molar refractivity (Wildman–Crippen MR) is 51.1 cm³/mol. The van der Waals surface area contributed by atoms with Crippen LogP contribution in [-0.2, 0) is 0 Å². The smallest absolute Gasteiger partial charge is 0.160 e. The Morgan fingerprint density at radius 1 is 1.36 bits per heavy atom. The number of anilines is 1. The highest BCUT2D eigenvalue weighted by Crippen LogP contribution is 2.13. The van der Waals surface area contributed by atoms with E-state index in [1.165, 1.54) is 6.07 Å². The van der Waals surface area contributed by atoms with E-state index >= 15 is 0 Å². The van der Waals surface area contributed by atoms with Gasteiger partial charge in [0.15, 0.2) is 11.6 Å². The first-order valence-corrected chi connectivity index (χ1v) is 4.43. The average molecular weight is 201 g/mol. The van der Waals surface area contributed by atoms with E-state index in [1.807, 2.05) is 6.92 Å². The highest BCUT2D eigenvalue weighted by Gasteiger charge is 2.03. The molecule has 0 fully saturated rings. The number of benzene rings is 1. The SMILES string of the molecule is CC(CO)CNc1ccc(F)c(F)c1. The van der Waals surface area contributed by atoms with Gasteiger partial charge in [-0.3, -0.25) is 0 Å². The summed E-state index contributed by atoms with van der Waals surface area (Å²) in [7, 11) is 0. The molecule has 1 rings (SSSR count). The van der Waals surface area contributed by atoms with Gasteiger partial charge in [0.25, 0.3) is 0 Å². The molecule has 1 atom stereocenters. The molecule has 1 aromatic rings. The van der Waals surface area contributed by atoms with Gasteiger partial charge in [-0.05, 0) is 24.1 Å². The van der Waals surface area contributed by atoms with Crippen LogP contribution in [0, 0.1) is 17.6 Å². The van der Waals surface area contributed by atoms with Gasteiger partial charge in [-0.15, -0.1) is 0 Å². The summed E-state index contributed by atoms with van der Waals surface area (Å²) in [5, 5.41) is 11.6. The molecule has 0 saturated heterocycles. The fraction of sp³-hybridized carbons (Fsp3) is 0.400. The van der Waals surface area contributed by atoms with E-state index in [0.29, 0.717) is 12.2 Å². The summed E-state index contributed by atoms with van der Waals surface area (Å²) in [4.78, 5) is 0. The minimum absolute atomic E-state index is 0.0661. The van der Waals surface area contributed by atoms with Crippen molar-refractivity contribution in [1.29, 1.82) is 0 Å². The van der Waals surface area contributed by atoms with Crippen LogP contribution < -0.4 is 5.32 Å². The molecule has 2 N–H and O–H groups in total. The number of nitrogens with one attached hydrogen (secondary N) is 1. The lowest BCUT2D eigenvalue weighted by Gasteiger charge is -2.10. The van der Waals surface area contributed by atoms with Crippen molar-refractivity contribution in [2.45, 2.75) is 6.92 Å². The number of aliphatic hydroxyl groups excluding tert-OH is 1. The third-order valence-corrected chi connectivity index (χ3v) is 1.89. The van der Waals surface area contributed by atoms with Crippen molar-refractivity contribution in [1.82, 2.24) is 0 Å². The monoisotopic (exact) mass is 201 g/mol. The molecule has 0 aliphatic carbocycles. The highest BCUT2D eigenvalue weighted by molar-refractivity contribution is 5.43. The topological polar surface area (TPSA) is 32.3 Å². The summed E-state index contributed by atoms with van der Waals surface area (Å²) in [6.07, 6.45) is 0. The number of hydrogen-bond acceptors (Lipinski definition) is 2. The quantitative estimate of drug-likeness (QED) is 0.781. The number of hydrogen-bond donors (Lipinski definition) is 2. The molecule has 4 heteroatoms. The Labute approximate surface area is 81.6 Å². The van der Waals surface area contributed by atoms with Crippen LogP contribution in [0.3, 0.4) is 0 Å². The third-order valence-electron chi connectivity index (χ3n) is 1.89. The zero-order valence-corrected chi connectivity index (χ0v) is 7.93. The van der Waals surface area contributed by atoms with E-state index in [1.54, 1.807) is 0 Å².